The Morgan fingerprint density at radius 3 is 2.60 bits per heavy atom. The maximum absolute atomic E-state index is 12.0. The number of hydrogen-bond donors (Lipinski definition) is 0. The van der Waals surface area contributed by atoms with Crippen LogP contribution in [0.25, 0.3) is 0 Å². The first-order valence-corrected chi connectivity index (χ1v) is 7.60. The Labute approximate surface area is 121 Å². The summed E-state index contributed by atoms with van der Waals surface area (Å²) in [7, 11) is 0. The molecule has 1 saturated heterocycles. The van der Waals surface area contributed by atoms with Gasteiger partial charge in [0.1, 0.15) is 11.5 Å². The summed E-state index contributed by atoms with van der Waals surface area (Å²) in [5, 5.41) is 0. The maximum atomic E-state index is 12.0. The summed E-state index contributed by atoms with van der Waals surface area (Å²) in [5.41, 5.74) is 1.19. The van der Waals surface area contributed by atoms with Crippen molar-refractivity contribution in [2.45, 2.75) is 33.6 Å². The summed E-state index contributed by atoms with van der Waals surface area (Å²) in [6.45, 7) is 8.73. The zero-order chi connectivity index (χ0) is 14.5. The van der Waals surface area contributed by atoms with Crippen molar-refractivity contribution < 1.29 is 9.53 Å². The Balaban J connectivity index is 2.03. The van der Waals surface area contributed by atoms with Gasteiger partial charge >= 0.3 is 0 Å². The number of Topliss-reactive ketones (excluding diaryl/α,β-unsaturated/α-hetero) is 1. The highest BCUT2D eigenvalue weighted by atomic mass is 16.5. The molecule has 1 aliphatic heterocycles. The maximum Gasteiger partial charge on any atom is 0.139 e. The van der Waals surface area contributed by atoms with Crippen LogP contribution >= 0.6 is 0 Å². The highest BCUT2D eigenvalue weighted by molar-refractivity contribution is 5.83. The SMILES string of the molecule is CCOc1ccc(N2CCC(=O)C(CC(C)C)C2)cc1. The van der Waals surface area contributed by atoms with Gasteiger partial charge in [0.05, 0.1) is 6.61 Å². The van der Waals surface area contributed by atoms with Crippen molar-refractivity contribution in [1.29, 1.82) is 0 Å². The van der Waals surface area contributed by atoms with Gasteiger partial charge in [-0.3, -0.25) is 4.79 Å². The van der Waals surface area contributed by atoms with E-state index >= 15 is 0 Å². The molecule has 3 heteroatoms. The lowest BCUT2D eigenvalue weighted by Crippen LogP contribution is -2.41. The predicted octanol–water partition coefficient (Wildman–Crippen LogP) is 3.53. The molecule has 3 nitrogen and oxygen atoms in total. The first-order chi connectivity index (χ1) is 9.60. The fourth-order valence-electron chi connectivity index (χ4n) is 2.84. The van der Waals surface area contributed by atoms with Gasteiger partial charge in [-0.25, -0.2) is 0 Å². The Hall–Kier alpha value is -1.51. The Morgan fingerprint density at radius 1 is 1.30 bits per heavy atom. The Morgan fingerprint density at radius 2 is 2.00 bits per heavy atom. The minimum atomic E-state index is 0.190. The average Bonchev–Trinajstić information content (AvgIpc) is 2.42. The Kier molecular flexibility index (Phi) is 5.05. The van der Waals surface area contributed by atoms with Crippen molar-refractivity contribution in [3.8, 4) is 5.75 Å². The van der Waals surface area contributed by atoms with E-state index in [9.17, 15) is 4.79 Å². The van der Waals surface area contributed by atoms with Crippen molar-refractivity contribution in [3.63, 3.8) is 0 Å². The summed E-state index contributed by atoms with van der Waals surface area (Å²) in [4.78, 5) is 14.3. The van der Waals surface area contributed by atoms with Gasteiger partial charge in [0.25, 0.3) is 0 Å². The molecule has 1 atom stereocenters. The molecule has 0 spiro atoms. The highest BCUT2D eigenvalue weighted by Gasteiger charge is 2.27. The van der Waals surface area contributed by atoms with E-state index in [-0.39, 0.29) is 5.92 Å². The second kappa shape index (κ2) is 6.78. The quantitative estimate of drug-likeness (QED) is 0.823. The van der Waals surface area contributed by atoms with Crippen molar-refractivity contribution in [2.75, 3.05) is 24.6 Å². The number of rotatable bonds is 5. The van der Waals surface area contributed by atoms with Gasteiger partial charge in [-0.15, -0.1) is 0 Å². The van der Waals surface area contributed by atoms with Crippen molar-refractivity contribution in [3.05, 3.63) is 24.3 Å². The second-order valence-electron chi connectivity index (χ2n) is 5.92. The molecule has 1 unspecified atom stereocenters. The van der Waals surface area contributed by atoms with Crippen LogP contribution in [0.5, 0.6) is 5.75 Å². The number of carbonyl (C=O) groups is 1. The van der Waals surface area contributed by atoms with E-state index in [0.717, 1.165) is 25.3 Å². The lowest BCUT2D eigenvalue weighted by atomic mass is 9.88. The lowest BCUT2D eigenvalue weighted by molar-refractivity contribution is -0.123. The van der Waals surface area contributed by atoms with E-state index in [4.69, 9.17) is 4.74 Å². The Bertz CT molecular complexity index is 439. The van der Waals surface area contributed by atoms with E-state index in [1.165, 1.54) is 5.69 Å². The van der Waals surface area contributed by atoms with E-state index in [2.05, 4.69) is 30.9 Å². The molecule has 0 aliphatic carbocycles. The van der Waals surface area contributed by atoms with Crippen LogP contribution in [0, 0.1) is 11.8 Å². The number of benzene rings is 1. The molecule has 0 bridgehead atoms. The molecule has 0 amide bonds. The van der Waals surface area contributed by atoms with Crippen LogP contribution in [0.15, 0.2) is 24.3 Å². The predicted molar refractivity (Wildman–Crippen MR) is 82.4 cm³/mol. The number of ether oxygens (including phenoxy) is 1. The van der Waals surface area contributed by atoms with Crippen LogP contribution in [0.2, 0.25) is 0 Å². The van der Waals surface area contributed by atoms with Crippen LogP contribution in [0.3, 0.4) is 0 Å². The molecular weight excluding hydrogens is 250 g/mol. The molecule has 1 heterocycles. The normalized spacial score (nSPS) is 19.5. The molecule has 1 aromatic rings. The monoisotopic (exact) mass is 275 g/mol. The zero-order valence-electron chi connectivity index (χ0n) is 12.8. The number of nitrogens with zero attached hydrogens (tertiary/aromatic N) is 1. The van der Waals surface area contributed by atoms with Crippen LogP contribution < -0.4 is 9.64 Å². The van der Waals surface area contributed by atoms with Gasteiger partial charge in [0.15, 0.2) is 0 Å². The third kappa shape index (κ3) is 3.75. The molecule has 1 aliphatic rings. The number of ketones is 1. The van der Waals surface area contributed by atoms with Gasteiger partial charge < -0.3 is 9.64 Å². The van der Waals surface area contributed by atoms with Crippen LogP contribution in [0.4, 0.5) is 5.69 Å². The molecule has 0 aromatic heterocycles. The topological polar surface area (TPSA) is 29.5 Å². The summed E-state index contributed by atoms with van der Waals surface area (Å²) in [6.07, 6.45) is 1.66. The molecule has 0 radical (unpaired) electrons. The minimum absolute atomic E-state index is 0.190. The zero-order valence-corrected chi connectivity index (χ0v) is 12.8. The van der Waals surface area contributed by atoms with Crippen molar-refractivity contribution in [2.24, 2.45) is 11.8 Å². The molecule has 0 N–H and O–H groups in total. The van der Waals surface area contributed by atoms with E-state index in [1.807, 2.05) is 19.1 Å². The number of anilines is 1. The molecule has 1 aromatic carbocycles. The third-order valence-electron chi connectivity index (χ3n) is 3.79. The molecule has 2 rings (SSSR count). The molecule has 0 saturated carbocycles. The minimum Gasteiger partial charge on any atom is -0.494 e. The van der Waals surface area contributed by atoms with E-state index < -0.39 is 0 Å². The molecular formula is C17H25NO2. The first-order valence-electron chi connectivity index (χ1n) is 7.60. The average molecular weight is 275 g/mol. The lowest BCUT2D eigenvalue weighted by Gasteiger charge is -2.34. The van der Waals surface area contributed by atoms with Gasteiger partial charge in [0, 0.05) is 31.1 Å². The van der Waals surface area contributed by atoms with Gasteiger partial charge in [0.2, 0.25) is 0 Å². The molecule has 20 heavy (non-hydrogen) atoms. The van der Waals surface area contributed by atoms with E-state index in [1.54, 1.807) is 0 Å². The molecule has 1 fully saturated rings. The first kappa shape index (κ1) is 14.9. The van der Waals surface area contributed by atoms with Crippen LogP contribution in [-0.4, -0.2) is 25.5 Å². The van der Waals surface area contributed by atoms with Crippen LogP contribution in [0.1, 0.15) is 33.6 Å². The summed E-state index contributed by atoms with van der Waals surface area (Å²) in [5.74, 6) is 2.10. The van der Waals surface area contributed by atoms with Crippen molar-refractivity contribution >= 4 is 11.5 Å². The standard InChI is InChI=1S/C17H25NO2/c1-4-20-16-7-5-15(6-8-16)18-10-9-17(19)14(12-18)11-13(2)3/h5-8,13-14H,4,9-12H2,1-3H3. The summed E-state index contributed by atoms with van der Waals surface area (Å²) in [6, 6.07) is 8.19. The number of hydrogen-bond acceptors (Lipinski definition) is 3. The smallest absolute Gasteiger partial charge is 0.139 e. The summed E-state index contributed by atoms with van der Waals surface area (Å²) >= 11 is 0. The summed E-state index contributed by atoms with van der Waals surface area (Å²) < 4.78 is 5.47. The number of piperidine rings is 1. The number of carbonyl (C=O) groups excluding carboxylic acids is 1. The van der Waals surface area contributed by atoms with Gasteiger partial charge in [-0.1, -0.05) is 13.8 Å². The fraction of sp³-hybridized carbons (Fsp3) is 0.588. The van der Waals surface area contributed by atoms with Crippen LogP contribution in [-0.2, 0) is 4.79 Å². The largest absolute Gasteiger partial charge is 0.494 e. The van der Waals surface area contributed by atoms with Gasteiger partial charge in [-0.05, 0) is 43.5 Å². The second-order valence-corrected chi connectivity index (χ2v) is 5.92. The molecule has 110 valence electrons. The fourth-order valence-corrected chi connectivity index (χ4v) is 2.84. The van der Waals surface area contributed by atoms with E-state index in [0.29, 0.717) is 24.7 Å². The van der Waals surface area contributed by atoms with Gasteiger partial charge in [-0.2, -0.15) is 0 Å². The highest BCUT2D eigenvalue weighted by Crippen LogP contribution is 2.26. The van der Waals surface area contributed by atoms with Crippen molar-refractivity contribution in [1.82, 2.24) is 0 Å². The third-order valence-corrected chi connectivity index (χ3v) is 3.79.